The quantitative estimate of drug-likeness (QED) is 0.720. The van der Waals surface area contributed by atoms with Gasteiger partial charge >= 0.3 is 0 Å². The Labute approximate surface area is 83.9 Å². The molecule has 0 unspecified atom stereocenters. The largest absolute Gasteiger partial charge is 0.300 e. The fourth-order valence-electron chi connectivity index (χ4n) is 1.52. The van der Waals surface area contributed by atoms with E-state index in [9.17, 15) is 9.18 Å². The molecule has 0 aliphatic carbocycles. The molecular formula is C12H15FO. The highest BCUT2D eigenvalue weighted by Gasteiger charge is 2.12. The molecule has 1 nitrogen and oxygen atoms in total. The molecule has 0 spiro atoms. The second kappa shape index (κ2) is 4.89. The Balaban J connectivity index is 2.72. The van der Waals surface area contributed by atoms with E-state index in [0.29, 0.717) is 6.42 Å². The summed E-state index contributed by atoms with van der Waals surface area (Å²) < 4.78 is 12.8. The Morgan fingerprint density at radius 1 is 1.50 bits per heavy atom. The summed E-state index contributed by atoms with van der Waals surface area (Å²) in [5, 5.41) is 0. The highest BCUT2D eigenvalue weighted by atomic mass is 19.1. The van der Waals surface area contributed by atoms with E-state index in [-0.39, 0.29) is 17.5 Å². The summed E-state index contributed by atoms with van der Waals surface area (Å²) in [6, 6.07) is 6.44. The van der Waals surface area contributed by atoms with Gasteiger partial charge in [0, 0.05) is 5.92 Å². The van der Waals surface area contributed by atoms with E-state index in [1.807, 2.05) is 13.0 Å². The lowest BCUT2D eigenvalue weighted by atomic mass is 9.94. The standard InChI is InChI=1S/C12H15FO/c1-3-11(9(2)14)7-10-5-4-6-12(13)8-10/h4-6,8,11H,3,7H2,1-2H3/t11-/m0/s1. The van der Waals surface area contributed by atoms with Crippen molar-refractivity contribution in [2.24, 2.45) is 5.92 Å². The molecule has 0 bridgehead atoms. The van der Waals surface area contributed by atoms with Crippen LogP contribution in [0.15, 0.2) is 24.3 Å². The van der Waals surface area contributed by atoms with Gasteiger partial charge in [0.2, 0.25) is 0 Å². The minimum absolute atomic E-state index is 0.0248. The van der Waals surface area contributed by atoms with E-state index in [2.05, 4.69) is 0 Å². The second-order valence-electron chi connectivity index (χ2n) is 3.55. The second-order valence-corrected chi connectivity index (χ2v) is 3.55. The van der Waals surface area contributed by atoms with Gasteiger partial charge in [-0.05, 0) is 37.5 Å². The third-order valence-corrected chi connectivity index (χ3v) is 2.44. The molecule has 0 amide bonds. The van der Waals surface area contributed by atoms with Crippen LogP contribution in [0.5, 0.6) is 0 Å². The number of hydrogen-bond acceptors (Lipinski definition) is 1. The molecule has 0 aromatic heterocycles. The summed E-state index contributed by atoms with van der Waals surface area (Å²) in [5.41, 5.74) is 0.895. The van der Waals surface area contributed by atoms with E-state index in [1.165, 1.54) is 12.1 Å². The summed E-state index contributed by atoms with van der Waals surface area (Å²) in [5.74, 6) is -0.0329. The van der Waals surface area contributed by atoms with Gasteiger partial charge in [0.05, 0.1) is 0 Å². The molecule has 0 aliphatic rings. The van der Waals surface area contributed by atoms with Gasteiger partial charge in [-0.2, -0.15) is 0 Å². The van der Waals surface area contributed by atoms with Gasteiger partial charge in [-0.3, -0.25) is 4.79 Å². The monoisotopic (exact) mass is 194 g/mol. The average Bonchev–Trinajstić information content (AvgIpc) is 2.14. The normalized spacial score (nSPS) is 12.5. The van der Waals surface area contributed by atoms with Crippen LogP contribution < -0.4 is 0 Å². The van der Waals surface area contributed by atoms with Crippen molar-refractivity contribution in [3.63, 3.8) is 0 Å². The molecule has 0 aliphatic heterocycles. The van der Waals surface area contributed by atoms with Crippen LogP contribution in [-0.2, 0) is 11.2 Å². The van der Waals surface area contributed by atoms with Crippen molar-refractivity contribution in [1.29, 1.82) is 0 Å². The van der Waals surface area contributed by atoms with Crippen LogP contribution in [0.3, 0.4) is 0 Å². The van der Waals surface area contributed by atoms with Crippen LogP contribution in [0, 0.1) is 11.7 Å². The van der Waals surface area contributed by atoms with Crippen molar-refractivity contribution < 1.29 is 9.18 Å². The molecular weight excluding hydrogens is 179 g/mol. The highest BCUT2D eigenvalue weighted by molar-refractivity contribution is 5.78. The molecule has 0 N–H and O–H groups in total. The molecule has 0 radical (unpaired) electrons. The van der Waals surface area contributed by atoms with Crippen molar-refractivity contribution in [3.8, 4) is 0 Å². The summed E-state index contributed by atoms with van der Waals surface area (Å²) >= 11 is 0. The first kappa shape index (κ1) is 10.9. The molecule has 2 heteroatoms. The topological polar surface area (TPSA) is 17.1 Å². The minimum atomic E-state index is -0.235. The Kier molecular flexibility index (Phi) is 3.81. The van der Waals surface area contributed by atoms with Crippen molar-refractivity contribution in [2.45, 2.75) is 26.7 Å². The van der Waals surface area contributed by atoms with Crippen molar-refractivity contribution in [2.75, 3.05) is 0 Å². The first-order chi connectivity index (χ1) is 6.63. The molecule has 0 saturated heterocycles. The number of ketones is 1. The Hall–Kier alpha value is -1.18. The summed E-state index contributed by atoms with van der Waals surface area (Å²) in [4.78, 5) is 11.2. The van der Waals surface area contributed by atoms with Crippen LogP contribution in [0.1, 0.15) is 25.8 Å². The van der Waals surface area contributed by atoms with Crippen molar-refractivity contribution >= 4 is 5.78 Å². The van der Waals surface area contributed by atoms with Crippen LogP contribution in [0.25, 0.3) is 0 Å². The lowest BCUT2D eigenvalue weighted by molar-refractivity contribution is -0.120. The number of rotatable bonds is 4. The average molecular weight is 194 g/mol. The zero-order chi connectivity index (χ0) is 10.6. The maximum absolute atomic E-state index is 12.8. The number of hydrogen-bond donors (Lipinski definition) is 0. The van der Waals surface area contributed by atoms with Gasteiger partial charge in [0.15, 0.2) is 0 Å². The maximum atomic E-state index is 12.8. The Morgan fingerprint density at radius 3 is 2.71 bits per heavy atom. The maximum Gasteiger partial charge on any atom is 0.133 e. The van der Waals surface area contributed by atoms with E-state index in [0.717, 1.165) is 12.0 Å². The third-order valence-electron chi connectivity index (χ3n) is 2.44. The third kappa shape index (κ3) is 2.95. The Morgan fingerprint density at radius 2 is 2.21 bits per heavy atom. The summed E-state index contributed by atoms with van der Waals surface area (Å²) in [6.45, 7) is 3.57. The number of Topliss-reactive ketones (excluding diaryl/α,β-unsaturated/α-hetero) is 1. The summed E-state index contributed by atoms with van der Waals surface area (Å²) in [6.07, 6.45) is 1.45. The fourth-order valence-corrected chi connectivity index (χ4v) is 1.52. The molecule has 0 fully saturated rings. The molecule has 1 aromatic rings. The zero-order valence-electron chi connectivity index (χ0n) is 8.59. The highest BCUT2D eigenvalue weighted by Crippen LogP contribution is 2.14. The number of halogens is 1. The van der Waals surface area contributed by atoms with E-state index in [1.54, 1.807) is 13.0 Å². The van der Waals surface area contributed by atoms with Crippen LogP contribution in [0.4, 0.5) is 4.39 Å². The molecule has 1 atom stereocenters. The van der Waals surface area contributed by atoms with E-state index >= 15 is 0 Å². The first-order valence-electron chi connectivity index (χ1n) is 4.88. The van der Waals surface area contributed by atoms with Crippen molar-refractivity contribution in [3.05, 3.63) is 35.6 Å². The van der Waals surface area contributed by atoms with Crippen molar-refractivity contribution in [1.82, 2.24) is 0 Å². The molecule has 0 saturated carbocycles. The Bertz CT molecular complexity index is 320. The van der Waals surface area contributed by atoms with Gasteiger partial charge in [-0.15, -0.1) is 0 Å². The minimum Gasteiger partial charge on any atom is -0.300 e. The van der Waals surface area contributed by atoms with E-state index < -0.39 is 0 Å². The smallest absolute Gasteiger partial charge is 0.133 e. The van der Waals surface area contributed by atoms with E-state index in [4.69, 9.17) is 0 Å². The van der Waals surface area contributed by atoms with Crippen LogP contribution in [-0.4, -0.2) is 5.78 Å². The van der Waals surface area contributed by atoms with Gasteiger partial charge in [0.1, 0.15) is 11.6 Å². The SMILES string of the molecule is CC[C@@H](Cc1cccc(F)c1)C(C)=O. The predicted octanol–water partition coefficient (Wildman–Crippen LogP) is 2.98. The van der Waals surface area contributed by atoms with Crippen LogP contribution >= 0.6 is 0 Å². The molecule has 0 heterocycles. The fraction of sp³-hybridized carbons (Fsp3) is 0.417. The van der Waals surface area contributed by atoms with Gasteiger partial charge in [-0.25, -0.2) is 4.39 Å². The first-order valence-corrected chi connectivity index (χ1v) is 4.88. The van der Waals surface area contributed by atoms with Gasteiger partial charge in [-0.1, -0.05) is 19.1 Å². The molecule has 76 valence electrons. The molecule has 1 rings (SSSR count). The number of carbonyl (C=O) groups excluding carboxylic acids is 1. The lowest BCUT2D eigenvalue weighted by Crippen LogP contribution is -2.12. The zero-order valence-corrected chi connectivity index (χ0v) is 8.59. The van der Waals surface area contributed by atoms with Gasteiger partial charge < -0.3 is 0 Å². The molecule has 1 aromatic carbocycles. The van der Waals surface area contributed by atoms with Crippen LogP contribution in [0.2, 0.25) is 0 Å². The number of benzene rings is 1. The van der Waals surface area contributed by atoms with Gasteiger partial charge in [0.25, 0.3) is 0 Å². The predicted molar refractivity (Wildman–Crippen MR) is 54.6 cm³/mol. The number of carbonyl (C=O) groups is 1. The lowest BCUT2D eigenvalue weighted by Gasteiger charge is -2.10. The molecule has 14 heavy (non-hydrogen) atoms. The summed E-state index contributed by atoms with van der Waals surface area (Å²) in [7, 11) is 0.